The predicted octanol–water partition coefficient (Wildman–Crippen LogP) is 3.44. The first-order valence-electron chi connectivity index (χ1n) is 8.08. The Bertz CT molecular complexity index is 878. The van der Waals surface area contributed by atoms with Crippen LogP contribution in [0.4, 0.5) is 5.69 Å². The number of anilines is 1. The summed E-state index contributed by atoms with van der Waals surface area (Å²) in [5.74, 6) is -0.154. The summed E-state index contributed by atoms with van der Waals surface area (Å²) in [6.07, 6.45) is 0. The second kappa shape index (κ2) is 7.59. The van der Waals surface area contributed by atoms with Gasteiger partial charge in [-0.1, -0.05) is 42.0 Å². The monoisotopic (exact) mass is 368 g/mol. The third-order valence-electron chi connectivity index (χ3n) is 4.08. The maximum Gasteiger partial charge on any atom is 0.280 e. The number of thiophene rings is 1. The molecule has 3 aromatic rings. The summed E-state index contributed by atoms with van der Waals surface area (Å²) in [5.41, 5.74) is 5.80. The van der Waals surface area contributed by atoms with Gasteiger partial charge in [0, 0.05) is 5.56 Å². The highest BCUT2D eigenvalue weighted by molar-refractivity contribution is 7.10. The number of ether oxygens (including phenoxy) is 1. The average Bonchev–Trinajstić information content (AvgIpc) is 3.22. The molecule has 26 heavy (non-hydrogen) atoms. The van der Waals surface area contributed by atoms with Gasteiger partial charge in [-0.05, 0) is 36.6 Å². The number of hydrogen-bond acceptors (Lipinski definition) is 5. The van der Waals surface area contributed by atoms with Gasteiger partial charge >= 0.3 is 0 Å². The molecular formula is C20H20N2O3S. The molecule has 0 aliphatic carbocycles. The van der Waals surface area contributed by atoms with Gasteiger partial charge in [0.05, 0.1) is 17.7 Å². The van der Waals surface area contributed by atoms with E-state index in [1.54, 1.807) is 36.4 Å². The average molecular weight is 368 g/mol. The minimum atomic E-state index is -1.88. The standard InChI is InChI=1S/C20H20N2O3S/c1-14-9-11-15(12-10-14)21-22-19(23)20(24,18-8-5-13-26-18)16-6-3-4-7-17(16)25-2/h3-13,21,24H,1-2H3,(H,22,23). The molecule has 6 heteroatoms. The van der Waals surface area contributed by atoms with E-state index in [0.29, 0.717) is 16.2 Å². The van der Waals surface area contributed by atoms with Crippen LogP contribution in [0.5, 0.6) is 5.75 Å². The van der Waals surface area contributed by atoms with Crippen LogP contribution in [0.1, 0.15) is 16.0 Å². The van der Waals surface area contributed by atoms with Crippen molar-refractivity contribution in [2.45, 2.75) is 12.5 Å². The minimum Gasteiger partial charge on any atom is -0.496 e. The molecule has 1 heterocycles. The number of amides is 1. The molecule has 0 aliphatic rings. The number of para-hydroxylation sites is 1. The fraction of sp³-hybridized carbons (Fsp3) is 0.150. The summed E-state index contributed by atoms with van der Waals surface area (Å²) >= 11 is 1.30. The number of carbonyl (C=O) groups is 1. The summed E-state index contributed by atoms with van der Waals surface area (Å²) < 4.78 is 5.36. The zero-order valence-corrected chi connectivity index (χ0v) is 15.3. The molecule has 0 aliphatic heterocycles. The van der Waals surface area contributed by atoms with Crippen LogP contribution < -0.4 is 15.6 Å². The predicted molar refractivity (Wildman–Crippen MR) is 103 cm³/mol. The molecule has 0 bridgehead atoms. The molecule has 134 valence electrons. The lowest BCUT2D eigenvalue weighted by Gasteiger charge is -2.28. The van der Waals surface area contributed by atoms with Crippen LogP contribution in [0.2, 0.25) is 0 Å². The van der Waals surface area contributed by atoms with Gasteiger partial charge in [-0.15, -0.1) is 11.3 Å². The fourth-order valence-electron chi connectivity index (χ4n) is 2.65. The first-order chi connectivity index (χ1) is 12.6. The highest BCUT2D eigenvalue weighted by atomic mass is 32.1. The molecule has 0 radical (unpaired) electrons. The lowest BCUT2D eigenvalue weighted by Crippen LogP contribution is -2.47. The number of aryl methyl sites for hydroxylation is 1. The van der Waals surface area contributed by atoms with Crippen molar-refractivity contribution in [3.8, 4) is 5.75 Å². The largest absolute Gasteiger partial charge is 0.496 e. The first kappa shape index (κ1) is 18.0. The van der Waals surface area contributed by atoms with E-state index in [9.17, 15) is 9.90 Å². The molecule has 0 saturated carbocycles. The minimum absolute atomic E-state index is 0.383. The van der Waals surface area contributed by atoms with Crippen molar-refractivity contribution in [2.75, 3.05) is 12.5 Å². The molecular weight excluding hydrogens is 348 g/mol. The Morgan fingerprint density at radius 3 is 2.46 bits per heavy atom. The van der Waals surface area contributed by atoms with E-state index in [1.807, 2.05) is 36.6 Å². The molecule has 0 fully saturated rings. The quantitative estimate of drug-likeness (QED) is 0.583. The van der Waals surface area contributed by atoms with Gasteiger partial charge in [-0.2, -0.15) is 0 Å². The van der Waals surface area contributed by atoms with Crippen molar-refractivity contribution in [2.24, 2.45) is 0 Å². The van der Waals surface area contributed by atoms with Crippen molar-refractivity contribution in [1.82, 2.24) is 5.43 Å². The van der Waals surface area contributed by atoms with Gasteiger partial charge in [-0.25, -0.2) is 0 Å². The summed E-state index contributed by atoms with van der Waals surface area (Å²) in [5, 5.41) is 13.2. The summed E-state index contributed by atoms with van der Waals surface area (Å²) in [4.78, 5) is 13.5. The van der Waals surface area contributed by atoms with Crippen molar-refractivity contribution < 1.29 is 14.6 Å². The topological polar surface area (TPSA) is 70.6 Å². The van der Waals surface area contributed by atoms with Crippen LogP contribution in [0.3, 0.4) is 0 Å². The second-order valence-electron chi connectivity index (χ2n) is 5.83. The van der Waals surface area contributed by atoms with Crippen molar-refractivity contribution in [3.05, 3.63) is 82.0 Å². The van der Waals surface area contributed by atoms with Crippen LogP contribution in [-0.2, 0) is 10.4 Å². The Labute approximate surface area is 156 Å². The smallest absolute Gasteiger partial charge is 0.280 e. The molecule has 1 atom stereocenters. The van der Waals surface area contributed by atoms with E-state index in [1.165, 1.54) is 18.4 Å². The van der Waals surface area contributed by atoms with E-state index < -0.39 is 11.5 Å². The highest BCUT2D eigenvalue weighted by Crippen LogP contribution is 2.38. The van der Waals surface area contributed by atoms with Crippen molar-refractivity contribution in [1.29, 1.82) is 0 Å². The first-order valence-corrected chi connectivity index (χ1v) is 8.96. The number of rotatable bonds is 6. The van der Waals surface area contributed by atoms with Gasteiger partial charge in [0.1, 0.15) is 5.75 Å². The molecule has 3 rings (SSSR count). The van der Waals surface area contributed by atoms with E-state index in [-0.39, 0.29) is 0 Å². The van der Waals surface area contributed by atoms with Crippen LogP contribution in [0, 0.1) is 6.92 Å². The molecule has 1 unspecified atom stereocenters. The fourth-order valence-corrected chi connectivity index (χ4v) is 3.49. The molecule has 0 spiro atoms. The van der Waals surface area contributed by atoms with Gasteiger partial charge < -0.3 is 9.84 Å². The van der Waals surface area contributed by atoms with Gasteiger partial charge in [0.15, 0.2) is 0 Å². The third-order valence-corrected chi connectivity index (χ3v) is 5.05. The van der Waals surface area contributed by atoms with Gasteiger partial charge in [-0.3, -0.25) is 15.6 Å². The van der Waals surface area contributed by atoms with Crippen LogP contribution in [0.25, 0.3) is 0 Å². The maximum absolute atomic E-state index is 13.0. The number of hydrazine groups is 1. The number of methoxy groups -OCH3 is 1. The Balaban J connectivity index is 1.93. The van der Waals surface area contributed by atoms with Gasteiger partial charge in [0.2, 0.25) is 5.60 Å². The molecule has 1 aromatic heterocycles. The molecule has 1 amide bonds. The normalized spacial score (nSPS) is 12.9. The second-order valence-corrected chi connectivity index (χ2v) is 6.78. The Morgan fingerprint density at radius 2 is 1.81 bits per heavy atom. The number of aliphatic hydroxyl groups is 1. The van der Waals surface area contributed by atoms with E-state index in [0.717, 1.165) is 11.3 Å². The van der Waals surface area contributed by atoms with Crippen molar-refractivity contribution >= 4 is 22.9 Å². The molecule has 3 N–H and O–H groups in total. The van der Waals surface area contributed by atoms with E-state index >= 15 is 0 Å². The lowest BCUT2D eigenvalue weighted by atomic mass is 9.90. The maximum atomic E-state index is 13.0. The van der Waals surface area contributed by atoms with Crippen LogP contribution in [0.15, 0.2) is 66.0 Å². The highest BCUT2D eigenvalue weighted by Gasteiger charge is 2.43. The van der Waals surface area contributed by atoms with Crippen LogP contribution >= 0.6 is 11.3 Å². The Morgan fingerprint density at radius 1 is 1.08 bits per heavy atom. The Hall–Kier alpha value is -2.83. The van der Waals surface area contributed by atoms with E-state index in [4.69, 9.17) is 4.74 Å². The van der Waals surface area contributed by atoms with E-state index in [2.05, 4.69) is 10.9 Å². The van der Waals surface area contributed by atoms with Crippen molar-refractivity contribution in [3.63, 3.8) is 0 Å². The zero-order valence-electron chi connectivity index (χ0n) is 14.5. The molecule has 5 nitrogen and oxygen atoms in total. The third kappa shape index (κ3) is 3.42. The van der Waals surface area contributed by atoms with Gasteiger partial charge in [0.25, 0.3) is 5.91 Å². The lowest BCUT2D eigenvalue weighted by molar-refractivity contribution is -0.136. The number of hydrogen-bond donors (Lipinski definition) is 3. The number of benzene rings is 2. The number of carbonyl (C=O) groups excluding carboxylic acids is 1. The molecule has 0 saturated heterocycles. The Kier molecular flexibility index (Phi) is 5.25. The summed E-state index contributed by atoms with van der Waals surface area (Å²) in [7, 11) is 1.51. The van der Waals surface area contributed by atoms with Crippen LogP contribution in [-0.4, -0.2) is 18.1 Å². The zero-order chi connectivity index (χ0) is 18.6. The molecule has 2 aromatic carbocycles. The number of nitrogens with one attached hydrogen (secondary N) is 2. The summed E-state index contributed by atoms with van der Waals surface area (Å²) in [6, 6.07) is 18.0. The SMILES string of the molecule is COc1ccccc1C(O)(C(=O)NNc1ccc(C)cc1)c1cccs1. The summed E-state index contributed by atoms with van der Waals surface area (Å²) in [6.45, 7) is 1.99.